The van der Waals surface area contributed by atoms with Crippen LogP contribution in [0.5, 0.6) is 0 Å². The lowest BCUT2D eigenvalue weighted by molar-refractivity contribution is -0.137. The van der Waals surface area contributed by atoms with Crippen molar-refractivity contribution in [1.82, 2.24) is 0 Å². The zero-order chi connectivity index (χ0) is 16.8. The van der Waals surface area contributed by atoms with Crippen LogP contribution in [-0.2, 0) is 4.79 Å². The molecule has 1 N–H and O–H groups in total. The van der Waals surface area contributed by atoms with Gasteiger partial charge in [0.05, 0.1) is 0 Å². The second-order valence-electron chi connectivity index (χ2n) is 7.61. The molecular weight excluding hydrogens is 272 g/mol. The van der Waals surface area contributed by atoms with Crippen LogP contribution in [0.3, 0.4) is 0 Å². The predicted molar refractivity (Wildman–Crippen MR) is 96.2 cm³/mol. The van der Waals surface area contributed by atoms with E-state index in [0.717, 1.165) is 30.6 Å². The number of rotatable bonds is 15. The van der Waals surface area contributed by atoms with Gasteiger partial charge in [0.1, 0.15) is 0 Å². The summed E-state index contributed by atoms with van der Waals surface area (Å²) in [6, 6.07) is 0. The molecule has 22 heavy (non-hydrogen) atoms. The largest absolute Gasteiger partial charge is 0.481 e. The van der Waals surface area contributed by atoms with Gasteiger partial charge >= 0.3 is 5.97 Å². The Morgan fingerprint density at radius 1 is 0.727 bits per heavy atom. The second kappa shape index (κ2) is 14.1. The summed E-state index contributed by atoms with van der Waals surface area (Å²) in [5.74, 6) is 1.87. The highest BCUT2D eigenvalue weighted by molar-refractivity contribution is 5.66. The van der Waals surface area contributed by atoms with Crippen LogP contribution in [0.1, 0.15) is 105 Å². The van der Waals surface area contributed by atoms with Gasteiger partial charge in [0.2, 0.25) is 0 Å². The number of carbonyl (C=O) groups is 1. The molecule has 3 atom stereocenters. The van der Waals surface area contributed by atoms with Gasteiger partial charge in [-0.3, -0.25) is 4.79 Å². The summed E-state index contributed by atoms with van der Waals surface area (Å²) in [4.78, 5) is 10.5. The van der Waals surface area contributed by atoms with Gasteiger partial charge in [-0.25, -0.2) is 0 Å². The van der Waals surface area contributed by atoms with E-state index in [1.165, 1.54) is 57.8 Å². The van der Waals surface area contributed by atoms with E-state index in [1.54, 1.807) is 0 Å². The molecule has 0 aromatic heterocycles. The topological polar surface area (TPSA) is 37.3 Å². The molecule has 0 fully saturated rings. The van der Waals surface area contributed by atoms with Crippen LogP contribution in [-0.4, -0.2) is 11.1 Å². The van der Waals surface area contributed by atoms with E-state index >= 15 is 0 Å². The van der Waals surface area contributed by atoms with Gasteiger partial charge in [0, 0.05) is 6.42 Å². The molecule has 3 unspecified atom stereocenters. The third-order valence-corrected chi connectivity index (χ3v) is 4.91. The molecule has 132 valence electrons. The number of hydrogen-bond donors (Lipinski definition) is 1. The van der Waals surface area contributed by atoms with Crippen LogP contribution < -0.4 is 0 Å². The van der Waals surface area contributed by atoms with Crippen LogP contribution in [0.15, 0.2) is 0 Å². The fourth-order valence-corrected chi connectivity index (χ4v) is 3.32. The summed E-state index contributed by atoms with van der Waals surface area (Å²) in [7, 11) is 0. The molecule has 0 amide bonds. The first-order chi connectivity index (χ1) is 10.5. The number of aliphatic carboxylic acids is 1. The van der Waals surface area contributed by atoms with Gasteiger partial charge in [-0.15, -0.1) is 0 Å². The van der Waals surface area contributed by atoms with Gasteiger partial charge in [-0.2, -0.15) is 0 Å². The minimum Gasteiger partial charge on any atom is -0.481 e. The molecule has 0 aromatic carbocycles. The summed E-state index contributed by atoms with van der Waals surface area (Å²) in [5, 5.41) is 8.62. The molecule has 0 radical (unpaired) electrons. The van der Waals surface area contributed by atoms with E-state index in [-0.39, 0.29) is 0 Å². The smallest absolute Gasteiger partial charge is 0.303 e. The minimum absolute atomic E-state index is 0.334. The lowest BCUT2D eigenvalue weighted by Crippen LogP contribution is -2.01. The van der Waals surface area contributed by atoms with E-state index in [9.17, 15) is 4.79 Å². The lowest BCUT2D eigenvalue weighted by Gasteiger charge is -2.15. The Labute approximate surface area is 139 Å². The van der Waals surface area contributed by atoms with Crippen LogP contribution >= 0.6 is 0 Å². The lowest BCUT2D eigenvalue weighted by atomic mass is 9.91. The van der Waals surface area contributed by atoms with Crippen molar-refractivity contribution in [3.05, 3.63) is 0 Å². The summed E-state index contributed by atoms with van der Waals surface area (Å²) >= 11 is 0. The van der Waals surface area contributed by atoms with Crippen molar-refractivity contribution < 1.29 is 9.90 Å². The van der Waals surface area contributed by atoms with E-state index in [2.05, 4.69) is 27.7 Å². The SMILES string of the molecule is CCCC(C)CCCC(C)CCCC(C)CCCCC(=O)O. The van der Waals surface area contributed by atoms with Crippen molar-refractivity contribution in [3.8, 4) is 0 Å². The molecule has 0 saturated carbocycles. The third kappa shape index (κ3) is 14.4. The van der Waals surface area contributed by atoms with Crippen molar-refractivity contribution in [1.29, 1.82) is 0 Å². The number of hydrogen-bond acceptors (Lipinski definition) is 1. The monoisotopic (exact) mass is 312 g/mol. The maximum atomic E-state index is 10.5. The van der Waals surface area contributed by atoms with Gasteiger partial charge in [-0.05, 0) is 24.2 Å². The number of carboxylic acid groups (broad SMARTS) is 1. The van der Waals surface area contributed by atoms with Crippen molar-refractivity contribution in [2.75, 3.05) is 0 Å². The fourth-order valence-electron chi connectivity index (χ4n) is 3.32. The number of unbranched alkanes of at least 4 members (excludes halogenated alkanes) is 1. The zero-order valence-corrected chi connectivity index (χ0v) is 15.6. The fraction of sp³-hybridized carbons (Fsp3) is 0.950. The molecule has 2 nitrogen and oxygen atoms in total. The van der Waals surface area contributed by atoms with Crippen molar-refractivity contribution in [3.63, 3.8) is 0 Å². The first-order valence-electron chi connectivity index (χ1n) is 9.67. The molecule has 0 rings (SSSR count). The summed E-state index contributed by atoms with van der Waals surface area (Å²) in [6.45, 7) is 9.39. The predicted octanol–water partition coefficient (Wildman–Crippen LogP) is 6.68. The van der Waals surface area contributed by atoms with Crippen LogP contribution in [0.2, 0.25) is 0 Å². The Bertz CT molecular complexity index is 262. The molecule has 0 aromatic rings. The molecular formula is C20H40O2. The Hall–Kier alpha value is -0.530. The van der Waals surface area contributed by atoms with E-state index in [1.807, 2.05) is 0 Å². The molecule has 0 spiro atoms. The highest BCUT2D eigenvalue weighted by Gasteiger charge is 2.07. The molecule has 0 aliphatic carbocycles. The minimum atomic E-state index is -0.658. The summed E-state index contributed by atoms with van der Waals surface area (Å²) in [6.07, 6.45) is 14.3. The van der Waals surface area contributed by atoms with Gasteiger partial charge in [-0.1, -0.05) is 91.9 Å². The highest BCUT2D eigenvalue weighted by atomic mass is 16.4. The third-order valence-electron chi connectivity index (χ3n) is 4.91. The maximum Gasteiger partial charge on any atom is 0.303 e. The normalized spacial score (nSPS) is 15.5. The molecule has 0 aliphatic heterocycles. The van der Waals surface area contributed by atoms with Gasteiger partial charge in [0.15, 0.2) is 0 Å². The van der Waals surface area contributed by atoms with Crippen LogP contribution in [0.25, 0.3) is 0 Å². The molecule has 0 bridgehead atoms. The molecule has 2 heteroatoms. The van der Waals surface area contributed by atoms with Crippen molar-refractivity contribution in [2.45, 2.75) is 105 Å². The first kappa shape index (κ1) is 21.5. The van der Waals surface area contributed by atoms with E-state index in [4.69, 9.17) is 5.11 Å². The number of carboxylic acids is 1. The van der Waals surface area contributed by atoms with E-state index in [0.29, 0.717) is 6.42 Å². The second-order valence-corrected chi connectivity index (χ2v) is 7.61. The molecule has 0 saturated heterocycles. The zero-order valence-electron chi connectivity index (χ0n) is 15.6. The Morgan fingerprint density at radius 3 is 1.55 bits per heavy atom. The van der Waals surface area contributed by atoms with Crippen molar-refractivity contribution >= 4 is 5.97 Å². The quantitative estimate of drug-likeness (QED) is 0.342. The summed E-state index contributed by atoms with van der Waals surface area (Å²) in [5.41, 5.74) is 0. The average molecular weight is 313 g/mol. The van der Waals surface area contributed by atoms with Crippen LogP contribution in [0, 0.1) is 17.8 Å². The van der Waals surface area contributed by atoms with Gasteiger partial charge in [0.25, 0.3) is 0 Å². The van der Waals surface area contributed by atoms with Crippen molar-refractivity contribution in [2.24, 2.45) is 17.8 Å². The maximum absolute atomic E-state index is 10.5. The Balaban J connectivity index is 3.46. The Kier molecular flexibility index (Phi) is 13.7. The first-order valence-corrected chi connectivity index (χ1v) is 9.67. The van der Waals surface area contributed by atoms with Crippen LogP contribution in [0.4, 0.5) is 0 Å². The average Bonchev–Trinajstić information content (AvgIpc) is 2.43. The standard InChI is InChI=1S/C20H40O2/c1-5-10-17(2)12-8-14-19(4)15-9-13-18(3)11-6-7-16-20(21)22/h17-19H,5-16H2,1-4H3,(H,21,22). The Morgan fingerprint density at radius 2 is 1.14 bits per heavy atom. The molecule has 0 heterocycles. The molecule has 0 aliphatic rings. The van der Waals surface area contributed by atoms with E-state index < -0.39 is 5.97 Å². The highest BCUT2D eigenvalue weighted by Crippen LogP contribution is 2.22. The summed E-state index contributed by atoms with van der Waals surface area (Å²) < 4.78 is 0. The van der Waals surface area contributed by atoms with Gasteiger partial charge < -0.3 is 5.11 Å².